The van der Waals surface area contributed by atoms with E-state index < -0.39 is 22.1 Å². The first-order valence-corrected chi connectivity index (χ1v) is 7.87. The quantitative estimate of drug-likeness (QED) is 0.844. The minimum atomic E-state index is -4.43. The first kappa shape index (κ1) is 14.8. The molecule has 0 aliphatic heterocycles. The van der Waals surface area contributed by atoms with E-state index in [1.807, 2.05) is 30.3 Å². The van der Waals surface area contributed by atoms with Crippen molar-refractivity contribution < 1.29 is 21.8 Å². The molecule has 0 heterocycles. The van der Waals surface area contributed by atoms with E-state index >= 15 is 0 Å². The molecule has 110 valence electrons. The Labute approximate surface area is 117 Å². The van der Waals surface area contributed by atoms with Gasteiger partial charge in [-0.15, -0.1) is 3.89 Å². The molecule has 0 aromatic heterocycles. The molecule has 1 aromatic rings. The maximum atomic E-state index is 12.4. The van der Waals surface area contributed by atoms with Gasteiger partial charge in [0.25, 0.3) is 0 Å². The van der Waals surface area contributed by atoms with Crippen molar-refractivity contribution in [3.63, 3.8) is 0 Å². The topological polar surface area (TPSA) is 72.5 Å². The average Bonchev–Trinajstić information content (AvgIpc) is 2.33. The summed E-state index contributed by atoms with van der Waals surface area (Å²) in [6.07, 6.45) is 0.382. The number of halogens is 1. The zero-order chi connectivity index (χ0) is 14.6. The van der Waals surface area contributed by atoms with E-state index in [9.17, 15) is 17.1 Å². The maximum absolute atomic E-state index is 12.4. The summed E-state index contributed by atoms with van der Waals surface area (Å²) in [6.45, 7) is 0.182. The highest BCUT2D eigenvalue weighted by atomic mass is 32.3. The highest BCUT2D eigenvalue weighted by molar-refractivity contribution is 7.86. The predicted molar refractivity (Wildman–Crippen MR) is 71.2 cm³/mol. The first-order chi connectivity index (χ1) is 9.42. The molecular formula is C13H16FNO4S. The van der Waals surface area contributed by atoms with E-state index in [0.717, 1.165) is 5.56 Å². The average molecular weight is 301 g/mol. The number of ether oxygens (including phenoxy) is 1. The Hall–Kier alpha value is -1.63. The van der Waals surface area contributed by atoms with E-state index in [2.05, 4.69) is 5.32 Å². The molecular weight excluding hydrogens is 285 g/mol. The second-order valence-corrected chi connectivity index (χ2v) is 6.36. The Morgan fingerprint density at radius 1 is 1.30 bits per heavy atom. The van der Waals surface area contributed by atoms with Crippen LogP contribution in [0.15, 0.2) is 30.3 Å². The molecule has 0 unspecified atom stereocenters. The van der Waals surface area contributed by atoms with Gasteiger partial charge in [0.05, 0.1) is 5.75 Å². The molecule has 5 nitrogen and oxygen atoms in total. The van der Waals surface area contributed by atoms with Crippen LogP contribution in [0.4, 0.5) is 8.68 Å². The molecule has 0 atom stereocenters. The molecule has 1 saturated carbocycles. The molecule has 1 fully saturated rings. The van der Waals surface area contributed by atoms with Crippen LogP contribution in [0, 0.1) is 5.92 Å². The summed E-state index contributed by atoms with van der Waals surface area (Å²) in [4.78, 5) is 11.5. The van der Waals surface area contributed by atoms with E-state index in [0.29, 0.717) is 12.8 Å². The minimum absolute atomic E-state index is 0.134. The van der Waals surface area contributed by atoms with Gasteiger partial charge in [0.1, 0.15) is 6.61 Å². The third-order valence-corrected chi connectivity index (χ3v) is 4.07. The number of benzene rings is 1. The maximum Gasteiger partial charge on any atom is 0.407 e. The first-order valence-electron chi connectivity index (χ1n) is 6.32. The fourth-order valence-electron chi connectivity index (χ4n) is 2.20. The molecule has 2 rings (SSSR count). The van der Waals surface area contributed by atoms with Crippen molar-refractivity contribution in [2.45, 2.75) is 25.5 Å². The lowest BCUT2D eigenvalue weighted by atomic mass is 9.82. The summed E-state index contributed by atoms with van der Waals surface area (Å²) in [5.41, 5.74) is 0.887. The van der Waals surface area contributed by atoms with Crippen LogP contribution in [0.25, 0.3) is 0 Å². The van der Waals surface area contributed by atoms with E-state index in [4.69, 9.17) is 4.74 Å². The van der Waals surface area contributed by atoms with Gasteiger partial charge in [-0.2, -0.15) is 8.42 Å². The number of hydrogen-bond acceptors (Lipinski definition) is 4. The zero-order valence-electron chi connectivity index (χ0n) is 10.8. The molecule has 1 aliphatic carbocycles. The van der Waals surface area contributed by atoms with Gasteiger partial charge >= 0.3 is 16.3 Å². The predicted octanol–water partition coefficient (Wildman–Crippen LogP) is 1.99. The van der Waals surface area contributed by atoms with Crippen LogP contribution in [0.3, 0.4) is 0 Å². The van der Waals surface area contributed by atoms with Gasteiger partial charge < -0.3 is 10.1 Å². The fraction of sp³-hybridized carbons (Fsp3) is 0.462. The van der Waals surface area contributed by atoms with E-state index in [1.165, 1.54) is 0 Å². The SMILES string of the molecule is O=C(NC1CC(CS(=O)(=O)F)C1)OCc1ccccc1. The summed E-state index contributed by atoms with van der Waals surface area (Å²) in [5, 5.41) is 2.62. The highest BCUT2D eigenvalue weighted by Gasteiger charge is 2.33. The highest BCUT2D eigenvalue weighted by Crippen LogP contribution is 2.29. The van der Waals surface area contributed by atoms with Crippen LogP contribution in [-0.4, -0.2) is 26.3 Å². The molecule has 1 aliphatic rings. The molecule has 1 N–H and O–H groups in total. The van der Waals surface area contributed by atoms with Crippen molar-refractivity contribution in [1.82, 2.24) is 5.32 Å². The third kappa shape index (κ3) is 4.80. The largest absolute Gasteiger partial charge is 0.445 e. The van der Waals surface area contributed by atoms with E-state index in [1.54, 1.807) is 0 Å². The molecule has 1 aromatic carbocycles. The molecule has 0 saturated heterocycles. The monoisotopic (exact) mass is 301 g/mol. The summed E-state index contributed by atoms with van der Waals surface area (Å²) < 4.78 is 38.3. The van der Waals surface area contributed by atoms with Crippen molar-refractivity contribution in [2.24, 2.45) is 5.92 Å². The number of alkyl carbamates (subject to hydrolysis) is 1. The smallest absolute Gasteiger partial charge is 0.407 e. The van der Waals surface area contributed by atoms with Crippen molar-refractivity contribution in [3.8, 4) is 0 Å². The second kappa shape index (κ2) is 6.21. The summed E-state index contributed by atoms with van der Waals surface area (Å²) in [5.74, 6) is -0.686. The summed E-state index contributed by atoms with van der Waals surface area (Å²) in [7, 11) is -4.43. The van der Waals surface area contributed by atoms with Gasteiger partial charge in [-0.3, -0.25) is 0 Å². The van der Waals surface area contributed by atoms with Gasteiger partial charge in [0.15, 0.2) is 0 Å². The van der Waals surface area contributed by atoms with Crippen molar-refractivity contribution in [2.75, 3.05) is 5.75 Å². The van der Waals surface area contributed by atoms with Gasteiger partial charge in [-0.25, -0.2) is 4.79 Å². The Morgan fingerprint density at radius 3 is 2.55 bits per heavy atom. The number of carbonyl (C=O) groups is 1. The number of hydrogen-bond donors (Lipinski definition) is 1. The Kier molecular flexibility index (Phi) is 4.59. The fourth-order valence-corrected chi connectivity index (χ4v) is 3.04. The van der Waals surface area contributed by atoms with Crippen LogP contribution >= 0.6 is 0 Å². The van der Waals surface area contributed by atoms with Crippen LogP contribution in [0.2, 0.25) is 0 Å². The molecule has 20 heavy (non-hydrogen) atoms. The summed E-state index contributed by atoms with van der Waals surface area (Å²) >= 11 is 0. The zero-order valence-corrected chi connectivity index (χ0v) is 11.6. The molecule has 1 amide bonds. The molecule has 7 heteroatoms. The van der Waals surface area contributed by atoms with Crippen LogP contribution in [0.1, 0.15) is 18.4 Å². The number of nitrogens with one attached hydrogen (secondary N) is 1. The van der Waals surface area contributed by atoms with Crippen LogP contribution in [-0.2, 0) is 21.6 Å². The van der Waals surface area contributed by atoms with Gasteiger partial charge in [0, 0.05) is 6.04 Å². The minimum Gasteiger partial charge on any atom is -0.445 e. The molecule has 0 spiro atoms. The Balaban J connectivity index is 1.65. The molecule has 0 radical (unpaired) electrons. The standard InChI is InChI=1S/C13H16FNO4S/c14-20(17,18)9-11-6-12(7-11)15-13(16)19-8-10-4-2-1-3-5-10/h1-5,11-12H,6-9H2,(H,15,16). The van der Waals surface area contributed by atoms with E-state index in [-0.39, 0.29) is 18.6 Å². The lowest BCUT2D eigenvalue weighted by Gasteiger charge is -2.34. The lowest BCUT2D eigenvalue weighted by Crippen LogP contribution is -2.46. The Morgan fingerprint density at radius 2 is 1.95 bits per heavy atom. The van der Waals surface area contributed by atoms with Gasteiger partial charge in [0.2, 0.25) is 0 Å². The Bertz CT molecular complexity index is 555. The molecule has 0 bridgehead atoms. The van der Waals surface area contributed by atoms with Gasteiger partial charge in [-0.05, 0) is 24.3 Å². The number of rotatable bonds is 5. The number of carbonyl (C=O) groups excluding carboxylic acids is 1. The van der Waals surface area contributed by atoms with Crippen LogP contribution in [0.5, 0.6) is 0 Å². The normalized spacial score (nSPS) is 21.9. The lowest BCUT2D eigenvalue weighted by molar-refractivity contribution is 0.124. The van der Waals surface area contributed by atoms with Crippen molar-refractivity contribution >= 4 is 16.3 Å². The van der Waals surface area contributed by atoms with Gasteiger partial charge in [-0.1, -0.05) is 30.3 Å². The summed E-state index contributed by atoms with van der Waals surface area (Å²) in [6, 6.07) is 9.13. The second-order valence-electron chi connectivity index (χ2n) is 4.95. The number of amides is 1. The van der Waals surface area contributed by atoms with Crippen molar-refractivity contribution in [3.05, 3.63) is 35.9 Å². The third-order valence-electron chi connectivity index (χ3n) is 3.21. The van der Waals surface area contributed by atoms with Crippen LogP contribution < -0.4 is 5.32 Å². The van der Waals surface area contributed by atoms with Crippen molar-refractivity contribution in [1.29, 1.82) is 0 Å².